The van der Waals surface area contributed by atoms with Crippen molar-refractivity contribution in [1.82, 2.24) is 25.1 Å². The Morgan fingerprint density at radius 1 is 1.24 bits per heavy atom. The number of phenols is 2. The van der Waals surface area contributed by atoms with Crippen molar-refractivity contribution in [3.05, 3.63) is 36.0 Å². The number of aromatic hydroxyl groups is 2. The number of nitrogens with zero attached hydrogens (tertiary/aromatic N) is 5. The second-order valence-corrected chi connectivity index (χ2v) is 4.33. The number of benzene rings is 1. The lowest BCUT2D eigenvalue weighted by Crippen LogP contribution is -2.00. The minimum Gasteiger partial charge on any atom is -0.504 e. The molecule has 4 N–H and O–H groups in total. The van der Waals surface area contributed by atoms with Crippen LogP contribution < -0.4 is 5.73 Å². The van der Waals surface area contributed by atoms with E-state index in [9.17, 15) is 10.2 Å². The summed E-state index contributed by atoms with van der Waals surface area (Å²) in [5.74, 6) is 0.188. The van der Waals surface area contributed by atoms with Gasteiger partial charge in [-0.05, 0) is 18.2 Å². The van der Waals surface area contributed by atoms with Gasteiger partial charge in [0, 0.05) is 12.1 Å². The molecule has 3 aromatic rings. The first kappa shape index (κ1) is 13.1. The molecular formula is C12H12N6O3. The van der Waals surface area contributed by atoms with E-state index in [2.05, 4.69) is 20.5 Å². The lowest BCUT2D eigenvalue weighted by atomic mass is 10.2. The quantitative estimate of drug-likeness (QED) is 0.581. The summed E-state index contributed by atoms with van der Waals surface area (Å²) in [5.41, 5.74) is 6.65. The molecule has 0 unspecified atom stereocenters. The molecule has 0 aliphatic heterocycles. The van der Waals surface area contributed by atoms with Crippen molar-refractivity contribution in [3.8, 4) is 22.9 Å². The fourth-order valence-electron chi connectivity index (χ4n) is 1.75. The molecule has 2 aromatic heterocycles. The summed E-state index contributed by atoms with van der Waals surface area (Å²) in [4.78, 5) is 4.19. The van der Waals surface area contributed by atoms with E-state index in [4.69, 9.17) is 10.3 Å². The van der Waals surface area contributed by atoms with Crippen molar-refractivity contribution < 1.29 is 14.7 Å². The van der Waals surface area contributed by atoms with Crippen molar-refractivity contribution in [2.75, 3.05) is 0 Å². The first-order valence-electron chi connectivity index (χ1n) is 6.09. The molecule has 0 aliphatic carbocycles. The molecule has 0 bridgehead atoms. The zero-order valence-electron chi connectivity index (χ0n) is 10.8. The highest BCUT2D eigenvalue weighted by atomic mass is 16.5. The van der Waals surface area contributed by atoms with E-state index >= 15 is 0 Å². The van der Waals surface area contributed by atoms with Crippen molar-refractivity contribution in [3.63, 3.8) is 0 Å². The molecule has 0 fully saturated rings. The number of phenolic OH excluding ortho intramolecular Hbond substituents is 2. The molecular weight excluding hydrogens is 276 g/mol. The van der Waals surface area contributed by atoms with Crippen LogP contribution in [0.4, 0.5) is 0 Å². The maximum atomic E-state index is 9.46. The molecule has 1 aromatic carbocycles. The Balaban J connectivity index is 1.80. The molecule has 0 spiro atoms. The van der Waals surface area contributed by atoms with Gasteiger partial charge in [-0.25, -0.2) is 4.68 Å². The van der Waals surface area contributed by atoms with Crippen LogP contribution in [-0.4, -0.2) is 35.3 Å². The smallest absolute Gasteiger partial charge is 0.248 e. The molecule has 3 rings (SSSR count). The molecule has 0 saturated heterocycles. The Morgan fingerprint density at radius 3 is 2.81 bits per heavy atom. The molecule has 9 heteroatoms. The van der Waals surface area contributed by atoms with E-state index in [0.29, 0.717) is 29.5 Å². The van der Waals surface area contributed by atoms with Crippen LogP contribution in [0, 0.1) is 0 Å². The van der Waals surface area contributed by atoms with Gasteiger partial charge in [0.15, 0.2) is 11.5 Å². The van der Waals surface area contributed by atoms with Gasteiger partial charge in [0.25, 0.3) is 0 Å². The van der Waals surface area contributed by atoms with Gasteiger partial charge in [-0.15, -0.1) is 5.10 Å². The summed E-state index contributed by atoms with van der Waals surface area (Å²) in [6.07, 6.45) is 1.69. The highest BCUT2D eigenvalue weighted by Crippen LogP contribution is 2.29. The number of hydrogen-bond donors (Lipinski definition) is 3. The van der Waals surface area contributed by atoms with Crippen LogP contribution in [-0.2, 0) is 13.1 Å². The maximum absolute atomic E-state index is 9.46. The van der Waals surface area contributed by atoms with Gasteiger partial charge in [0.05, 0.1) is 11.9 Å². The topological polar surface area (TPSA) is 136 Å². The van der Waals surface area contributed by atoms with Crippen LogP contribution in [0.2, 0.25) is 0 Å². The Bertz CT molecular complexity index is 766. The summed E-state index contributed by atoms with van der Waals surface area (Å²) in [6, 6.07) is 4.28. The van der Waals surface area contributed by atoms with E-state index in [1.54, 1.807) is 12.3 Å². The summed E-state index contributed by atoms with van der Waals surface area (Å²) < 4.78 is 6.65. The maximum Gasteiger partial charge on any atom is 0.248 e. The Labute approximate surface area is 118 Å². The molecule has 0 aliphatic rings. The van der Waals surface area contributed by atoms with Crippen molar-refractivity contribution >= 4 is 0 Å². The van der Waals surface area contributed by atoms with Gasteiger partial charge < -0.3 is 20.5 Å². The molecule has 0 atom stereocenters. The van der Waals surface area contributed by atoms with E-state index in [1.807, 2.05) is 0 Å². The fraction of sp³-hybridized carbons (Fsp3) is 0.167. The molecule has 21 heavy (non-hydrogen) atoms. The third-order valence-corrected chi connectivity index (χ3v) is 2.79. The van der Waals surface area contributed by atoms with E-state index in [1.165, 1.54) is 16.8 Å². The summed E-state index contributed by atoms with van der Waals surface area (Å²) >= 11 is 0. The highest BCUT2D eigenvalue weighted by molar-refractivity contribution is 5.59. The molecule has 0 radical (unpaired) electrons. The van der Waals surface area contributed by atoms with E-state index < -0.39 is 0 Å². The van der Waals surface area contributed by atoms with Crippen molar-refractivity contribution in [1.29, 1.82) is 0 Å². The number of nitrogens with two attached hydrogens (primary N) is 1. The number of rotatable bonds is 4. The third-order valence-electron chi connectivity index (χ3n) is 2.79. The van der Waals surface area contributed by atoms with Crippen LogP contribution >= 0.6 is 0 Å². The number of hydrogen-bond acceptors (Lipinski definition) is 8. The minimum atomic E-state index is -0.247. The Kier molecular flexibility index (Phi) is 3.24. The normalized spacial score (nSPS) is 10.9. The predicted molar refractivity (Wildman–Crippen MR) is 70.1 cm³/mol. The lowest BCUT2D eigenvalue weighted by molar-refractivity contribution is 0.364. The van der Waals surface area contributed by atoms with Crippen LogP contribution in [0.3, 0.4) is 0 Å². The van der Waals surface area contributed by atoms with Crippen LogP contribution in [0.1, 0.15) is 11.6 Å². The van der Waals surface area contributed by atoms with Crippen LogP contribution in [0.15, 0.2) is 28.9 Å². The molecule has 108 valence electrons. The molecule has 0 amide bonds. The van der Waals surface area contributed by atoms with Gasteiger partial charge in [-0.3, -0.25) is 0 Å². The summed E-state index contributed by atoms with van der Waals surface area (Å²) in [6.45, 7) is 0.575. The van der Waals surface area contributed by atoms with Gasteiger partial charge in [-0.1, -0.05) is 10.4 Å². The van der Waals surface area contributed by atoms with Crippen LogP contribution in [0.25, 0.3) is 11.4 Å². The monoisotopic (exact) mass is 288 g/mol. The Hall–Kier alpha value is -2.94. The standard InChI is InChI=1S/C12H12N6O3/c13-4-8-5-18(17-15-8)6-11-14-12(16-21-11)7-1-2-9(19)10(20)3-7/h1-3,5,19-20H,4,6,13H2. The summed E-state index contributed by atoms with van der Waals surface area (Å²) in [5, 5.41) is 30.3. The zero-order valence-corrected chi connectivity index (χ0v) is 10.8. The minimum absolute atomic E-state index is 0.209. The van der Waals surface area contributed by atoms with Crippen molar-refractivity contribution in [2.45, 2.75) is 13.1 Å². The average Bonchev–Trinajstić information content (AvgIpc) is 3.11. The largest absolute Gasteiger partial charge is 0.504 e. The van der Waals surface area contributed by atoms with Gasteiger partial charge in [0.1, 0.15) is 6.54 Å². The van der Waals surface area contributed by atoms with E-state index in [-0.39, 0.29) is 18.0 Å². The molecule has 0 saturated carbocycles. The average molecular weight is 288 g/mol. The Morgan fingerprint density at radius 2 is 2.10 bits per heavy atom. The highest BCUT2D eigenvalue weighted by Gasteiger charge is 2.12. The molecule has 2 heterocycles. The SMILES string of the molecule is NCc1cn(Cc2nc(-c3ccc(O)c(O)c3)no2)nn1. The van der Waals surface area contributed by atoms with Crippen molar-refractivity contribution in [2.24, 2.45) is 5.73 Å². The predicted octanol–water partition coefficient (Wildman–Crippen LogP) is 0.246. The van der Waals surface area contributed by atoms with Crippen LogP contribution in [0.5, 0.6) is 11.5 Å². The van der Waals surface area contributed by atoms with Gasteiger partial charge in [-0.2, -0.15) is 4.98 Å². The first-order chi connectivity index (χ1) is 10.2. The second kappa shape index (κ2) is 5.21. The lowest BCUT2D eigenvalue weighted by Gasteiger charge is -1.98. The summed E-state index contributed by atoms with van der Waals surface area (Å²) in [7, 11) is 0. The number of aromatic nitrogens is 5. The fourth-order valence-corrected chi connectivity index (χ4v) is 1.75. The van der Waals surface area contributed by atoms with Gasteiger partial charge in [0.2, 0.25) is 11.7 Å². The van der Waals surface area contributed by atoms with E-state index in [0.717, 1.165) is 0 Å². The molecule has 9 nitrogen and oxygen atoms in total. The van der Waals surface area contributed by atoms with Gasteiger partial charge >= 0.3 is 0 Å². The second-order valence-electron chi connectivity index (χ2n) is 4.33. The first-order valence-corrected chi connectivity index (χ1v) is 6.09. The zero-order chi connectivity index (χ0) is 14.8. The third kappa shape index (κ3) is 2.67.